The molecular weight excluding hydrogens is 415 g/mol. The van der Waals surface area contributed by atoms with Gasteiger partial charge in [-0.2, -0.15) is 0 Å². The van der Waals surface area contributed by atoms with Gasteiger partial charge in [0.2, 0.25) is 0 Å². The van der Waals surface area contributed by atoms with Crippen LogP contribution in [0.3, 0.4) is 0 Å². The molecule has 1 amide bonds. The standard InChI is InChI=1S/C23H21FN4O2S/c1-15-26-19(14-31-15)13-30-20-8-6-16(7-9-20)23(29)27-21(22-25-10-11-28(22)2)17-4-3-5-18(24)12-17/h3-12,14,21H,13H2,1-2H3,(H,27,29)/t21-/m1/s1. The number of carbonyl (C=O) groups excluding carboxylic acids is 1. The first-order valence-corrected chi connectivity index (χ1v) is 10.5. The third kappa shape index (κ3) is 4.97. The van der Waals surface area contributed by atoms with Crippen LogP contribution in [0, 0.1) is 12.7 Å². The molecule has 0 radical (unpaired) electrons. The van der Waals surface area contributed by atoms with Crippen LogP contribution in [0.15, 0.2) is 66.3 Å². The van der Waals surface area contributed by atoms with Crippen LogP contribution in [0.4, 0.5) is 4.39 Å². The van der Waals surface area contributed by atoms with Crippen LogP contribution in [-0.2, 0) is 13.7 Å². The average molecular weight is 437 g/mol. The highest BCUT2D eigenvalue weighted by atomic mass is 32.1. The minimum absolute atomic E-state index is 0.293. The van der Waals surface area contributed by atoms with Crippen LogP contribution >= 0.6 is 11.3 Å². The van der Waals surface area contributed by atoms with E-state index in [1.54, 1.807) is 64.7 Å². The summed E-state index contributed by atoms with van der Waals surface area (Å²) in [5.74, 6) is 0.590. The summed E-state index contributed by atoms with van der Waals surface area (Å²) in [7, 11) is 1.83. The maximum Gasteiger partial charge on any atom is 0.252 e. The number of nitrogens with zero attached hydrogens (tertiary/aromatic N) is 3. The van der Waals surface area contributed by atoms with E-state index in [2.05, 4.69) is 15.3 Å². The fourth-order valence-corrected chi connectivity index (χ4v) is 3.78. The van der Waals surface area contributed by atoms with Crippen LogP contribution in [0.1, 0.15) is 38.5 Å². The van der Waals surface area contributed by atoms with Crippen molar-refractivity contribution in [3.8, 4) is 5.75 Å². The molecule has 6 nitrogen and oxygen atoms in total. The van der Waals surface area contributed by atoms with Gasteiger partial charge in [-0.3, -0.25) is 4.79 Å². The van der Waals surface area contributed by atoms with Crippen molar-refractivity contribution >= 4 is 17.2 Å². The van der Waals surface area contributed by atoms with Gasteiger partial charge in [-0.05, 0) is 48.9 Å². The van der Waals surface area contributed by atoms with E-state index in [0.29, 0.717) is 29.3 Å². The first kappa shape index (κ1) is 20.7. The number of carbonyl (C=O) groups is 1. The molecule has 31 heavy (non-hydrogen) atoms. The Hall–Kier alpha value is -3.52. The summed E-state index contributed by atoms with van der Waals surface area (Å²) in [4.78, 5) is 21.6. The number of hydrogen-bond acceptors (Lipinski definition) is 5. The predicted molar refractivity (Wildman–Crippen MR) is 117 cm³/mol. The molecular formula is C23H21FN4O2S. The van der Waals surface area contributed by atoms with E-state index < -0.39 is 6.04 Å². The summed E-state index contributed by atoms with van der Waals surface area (Å²) in [6.45, 7) is 2.32. The second-order valence-electron chi connectivity index (χ2n) is 7.03. The van der Waals surface area contributed by atoms with Gasteiger partial charge < -0.3 is 14.6 Å². The molecule has 0 bridgehead atoms. The number of benzene rings is 2. The Morgan fingerprint density at radius 3 is 2.71 bits per heavy atom. The quantitative estimate of drug-likeness (QED) is 0.466. The average Bonchev–Trinajstić information content (AvgIpc) is 3.38. The Morgan fingerprint density at radius 1 is 1.26 bits per heavy atom. The van der Waals surface area contributed by atoms with Crippen molar-refractivity contribution in [3.05, 3.63) is 99.8 Å². The molecule has 2 aromatic carbocycles. The zero-order valence-corrected chi connectivity index (χ0v) is 17.9. The van der Waals surface area contributed by atoms with Gasteiger partial charge in [-0.25, -0.2) is 14.4 Å². The monoisotopic (exact) mass is 436 g/mol. The lowest BCUT2D eigenvalue weighted by Crippen LogP contribution is -2.31. The molecule has 2 aromatic heterocycles. The van der Waals surface area contributed by atoms with E-state index in [1.165, 1.54) is 12.1 Å². The van der Waals surface area contributed by atoms with Gasteiger partial charge in [0, 0.05) is 30.4 Å². The molecule has 0 saturated carbocycles. The Bertz CT molecular complexity index is 1190. The number of thiazole rings is 1. The van der Waals surface area contributed by atoms with Crippen molar-refractivity contribution in [1.82, 2.24) is 19.9 Å². The second-order valence-corrected chi connectivity index (χ2v) is 8.09. The van der Waals surface area contributed by atoms with Gasteiger partial charge in [0.1, 0.15) is 30.0 Å². The van der Waals surface area contributed by atoms with E-state index in [1.807, 2.05) is 19.4 Å². The molecule has 0 spiro atoms. The van der Waals surface area contributed by atoms with Crippen LogP contribution in [0.2, 0.25) is 0 Å². The van der Waals surface area contributed by atoms with Crippen molar-refractivity contribution in [2.24, 2.45) is 7.05 Å². The molecule has 2 heterocycles. The van der Waals surface area contributed by atoms with Crippen molar-refractivity contribution in [2.75, 3.05) is 0 Å². The van der Waals surface area contributed by atoms with Crippen LogP contribution < -0.4 is 10.1 Å². The summed E-state index contributed by atoms with van der Waals surface area (Å²) in [5.41, 5.74) is 1.95. The van der Waals surface area contributed by atoms with E-state index in [4.69, 9.17) is 4.74 Å². The van der Waals surface area contributed by atoms with Gasteiger partial charge in [0.05, 0.1) is 10.7 Å². The van der Waals surface area contributed by atoms with E-state index in [0.717, 1.165) is 10.7 Å². The number of hydrogen-bond donors (Lipinski definition) is 1. The highest BCUT2D eigenvalue weighted by Crippen LogP contribution is 2.22. The van der Waals surface area contributed by atoms with Gasteiger partial charge >= 0.3 is 0 Å². The van der Waals surface area contributed by atoms with Gasteiger partial charge in [0.25, 0.3) is 5.91 Å². The lowest BCUT2D eigenvalue weighted by Gasteiger charge is -2.19. The molecule has 158 valence electrons. The SMILES string of the molecule is Cc1nc(COc2ccc(C(=O)N[C@H](c3cccc(F)c3)c3nccn3C)cc2)cs1. The summed E-state index contributed by atoms with van der Waals surface area (Å²) < 4.78 is 21.3. The largest absolute Gasteiger partial charge is 0.487 e. The van der Waals surface area contributed by atoms with E-state index in [-0.39, 0.29) is 11.7 Å². The lowest BCUT2D eigenvalue weighted by atomic mass is 10.0. The molecule has 1 atom stereocenters. The minimum atomic E-state index is -0.591. The number of aromatic nitrogens is 3. The Kier molecular flexibility index (Phi) is 6.08. The van der Waals surface area contributed by atoms with E-state index in [9.17, 15) is 9.18 Å². The number of nitrogens with one attached hydrogen (secondary N) is 1. The normalized spacial score (nSPS) is 11.8. The summed E-state index contributed by atoms with van der Waals surface area (Å²) in [6.07, 6.45) is 3.42. The maximum absolute atomic E-state index is 13.8. The number of amides is 1. The highest BCUT2D eigenvalue weighted by Gasteiger charge is 2.22. The molecule has 0 saturated heterocycles. The molecule has 0 fully saturated rings. The molecule has 0 aliphatic carbocycles. The topological polar surface area (TPSA) is 69.0 Å². The Morgan fingerprint density at radius 2 is 2.06 bits per heavy atom. The van der Waals surface area contributed by atoms with Crippen molar-refractivity contribution < 1.29 is 13.9 Å². The Labute approximate surface area is 183 Å². The first-order valence-electron chi connectivity index (χ1n) is 9.67. The van der Waals surface area contributed by atoms with Crippen LogP contribution in [-0.4, -0.2) is 20.4 Å². The molecule has 0 aliphatic heterocycles. The smallest absolute Gasteiger partial charge is 0.252 e. The number of ether oxygens (including phenoxy) is 1. The fourth-order valence-electron chi connectivity index (χ4n) is 3.19. The van der Waals surface area contributed by atoms with Crippen molar-refractivity contribution in [2.45, 2.75) is 19.6 Å². The van der Waals surface area contributed by atoms with Crippen molar-refractivity contribution in [3.63, 3.8) is 0 Å². The molecule has 0 unspecified atom stereocenters. The molecule has 8 heteroatoms. The number of aryl methyl sites for hydroxylation is 2. The molecule has 4 aromatic rings. The molecule has 1 N–H and O–H groups in total. The predicted octanol–water partition coefficient (Wildman–Crippen LogP) is 4.42. The third-order valence-corrected chi connectivity index (χ3v) is 5.57. The van der Waals surface area contributed by atoms with Gasteiger partial charge in [-0.1, -0.05) is 12.1 Å². The number of halogens is 1. The van der Waals surface area contributed by atoms with Crippen LogP contribution in [0.5, 0.6) is 5.75 Å². The summed E-state index contributed by atoms with van der Waals surface area (Å²) in [6, 6.07) is 12.4. The summed E-state index contributed by atoms with van der Waals surface area (Å²) in [5, 5.41) is 5.91. The highest BCUT2D eigenvalue weighted by molar-refractivity contribution is 7.09. The first-order chi connectivity index (χ1) is 15.0. The third-order valence-electron chi connectivity index (χ3n) is 4.74. The van der Waals surface area contributed by atoms with Gasteiger partial charge in [0.15, 0.2) is 0 Å². The fraction of sp³-hybridized carbons (Fsp3) is 0.174. The molecule has 4 rings (SSSR count). The number of rotatable bonds is 7. The van der Waals surface area contributed by atoms with Crippen LogP contribution in [0.25, 0.3) is 0 Å². The minimum Gasteiger partial charge on any atom is -0.487 e. The van der Waals surface area contributed by atoms with Crippen molar-refractivity contribution in [1.29, 1.82) is 0 Å². The lowest BCUT2D eigenvalue weighted by molar-refractivity contribution is 0.0941. The second kappa shape index (κ2) is 9.09. The number of imidazole rings is 1. The summed E-state index contributed by atoms with van der Waals surface area (Å²) >= 11 is 1.58. The molecule has 0 aliphatic rings. The van der Waals surface area contributed by atoms with E-state index >= 15 is 0 Å². The zero-order chi connectivity index (χ0) is 21.8. The maximum atomic E-state index is 13.8. The zero-order valence-electron chi connectivity index (χ0n) is 17.1. The Balaban J connectivity index is 1.48. The van der Waals surface area contributed by atoms with Gasteiger partial charge in [-0.15, -0.1) is 11.3 Å².